The van der Waals surface area contributed by atoms with E-state index in [-0.39, 0.29) is 24.3 Å². The van der Waals surface area contributed by atoms with E-state index in [4.69, 9.17) is 6.42 Å². The number of benzene rings is 1. The Morgan fingerprint density at radius 3 is 2.68 bits per heavy atom. The van der Waals surface area contributed by atoms with Crippen LogP contribution in [0.5, 0.6) is 0 Å². The zero-order valence-corrected chi connectivity index (χ0v) is 11.2. The molecule has 1 rings (SSSR count). The van der Waals surface area contributed by atoms with Gasteiger partial charge >= 0.3 is 0 Å². The number of para-hydroxylation sites is 1. The number of carbonyl (C=O) groups excluding carboxylic acids is 2. The molecule has 0 spiro atoms. The van der Waals surface area contributed by atoms with Gasteiger partial charge in [-0.25, -0.2) is 0 Å². The summed E-state index contributed by atoms with van der Waals surface area (Å²) < 4.78 is 0. The Hall–Kier alpha value is -2.28. The molecule has 4 nitrogen and oxygen atoms in total. The molecule has 0 aromatic heterocycles. The number of nitrogens with one attached hydrogen (secondary N) is 2. The lowest BCUT2D eigenvalue weighted by Crippen LogP contribution is -2.26. The molecule has 0 aliphatic rings. The summed E-state index contributed by atoms with van der Waals surface area (Å²) in [6, 6.07) is 6.86. The molecule has 0 saturated heterocycles. The summed E-state index contributed by atoms with van der Waals surface area (Å²) in [6.07, 6.45) is 5.84. The molecule has 1 atom stereocenters. The van der Waals surface area contributed by atoms with E-state index in [0.29, 0.717) is 11.3 Å². The van der Waals surface area contributed by atoms with Crippen molar-refractivity contribution in [2.75, 3.05) is 11.9 Å². The van der Waals surface area contributed by atoms with Gasteiger partial charge in [-0.15, -0.1) is 6.42 Å². The molecule has 1 unspecified atom stereocenters. The molecular weight excluding hydrogens is 240 g/mol. The third kappa shape index (κ3) is 4.14. The summed E-state index contributed by atoms with van der Waals surface area (Å²) in [7, 11) is 0. The fourth-order valence-electron chi connectivity index (χ4n) is 1.46. The Morgan fingerprint density at radius 2 is 2.05 bits per heavy atom. The van der Waals surface area contributed by atoms with Crippen molar-refractivity contribution in [2.24, 2.45) is 5.92 Å². The van der Waals surface area contributed by atoms with Crippen LogP contribution in [0, 0.1) is 18.3 Å². The second-order valence-electron chi connectivity index (χ2n) is 4.23. The quantitative estimate of drug-likeness (QED) is 0.794. The van der Waals surface area contributed by atoms with Crippen molar-refractivity contribution in [1.29, 1.82) is 0 Å². The normalized spacial score (nSPS) is 11.2. The molecule has 2 amide bonds. The smallest absolute Gasteiger partial charge is 0.254 e. The predicted octanol–water partition coefficient (Wildman–Crippen LogP) is 2.03. The van der Waals surface area contributed by atoms with Crippen molar-refractivity contribution in [2.45, 2.75) is 20.3 Å². The molecule has 0 heterocycles. The molecule has 2 N–H and O–H groups in total. The van der Waals surface area contributed by atoms with E-state index in [1.54, 1.807) is 24.3 Å². The van der Waals surface area contributed by atoms with Gasteiger partial charge in [-0.3, -0.25) is 9.59 Å². The van der Waals surface area contributed by atoms with E-state index < -0.39 is 0 Å². The second-order valence-corrected chi connectivity index (χ2v) is 4.23. The van der Waals surface area contributed by atoms with Gasteiger partial charge in [-0.2, -0.15) is 0 Å². The average molecular weight is 258 g/mol. The van der Waals surface area contributed by atoms with Gasteiger partial charge in [-0.1, -0.05) is 31.9 Å². The van der Waals surface area contributed by atoms with Crippen LogP contribution in [0.3, 0.4) is 0 Å². The lowest BCUT2D eigenvalue weighted by molar-refractivity contribution is -0.119. The van der Waals surface area contributed by atoms with Crippen LogP contribution in [0.4, 0.5) is 5.69 Å². The van der Waals surface area contributed by atoms with Crippen LogP contribution in [0.25, 0.3) is 0 Å². The van der Waals surface area contributed by atoms with E-state index in [2.05, 4.69) is 16.6 Å². The minimum absolute atomic E-state index is 0.0955. The maximum Gasteiger partial charge on any atom is 0.254 e. The van der Waals surface area contributed by atoms with Crippen molar-refractivity contribution in [3.8, 4) is 12.3 Å². The van der Waals surface area contributed by atoms with Crippen LogP contribution in [-0.4, -0.2) is 18.4 Å². The highest BCUT2D eigenvalue weighted by molar-refractivity contribution is 6.04. The summed E-state index contributed by atoms with van der Waals surface area (Å²) in [5.74, 6) is 1.85. The summed E-state index contributed by atoms with van der Waals surface area (Å²) >= 11 is 0. The molecule has 0 fully saturated rings. The van der Waals surface area contributed by atoms with Gasteiger partial charge in [0, 0.05) is 5.92 Å². The van der Waals surface area contributed by atoms with Crippen LogP contribution < -0.4 is 10.6 Å². The predicted molar refractivity (Wildman–Crippen MR) is 75.7 cm³/mol. The molecule has 0 aliphatic heterocycles. The van der Waals surface area contributed by atoms with Crippen LogP contribution in [0.2, 0.25) is 0 Å². The minimum Gasteiger partial charge on any atom is -0.341 e. The van der Waals surface area contributed by atoms with Crippen molar-refractivity contribution < 1.29 is 9.59 Å². The second kappa shape index (κ2) is 7.22. The standard InChI is InChI=1S/C15H18N2O2/c1-4-10-16-15(19)12-8-6-7-9-13(12)17-14(18)11(3)5-2/h1,6-9,11H,5,10H2,2-3H3,(H,16,19)(H,17,18). The first-order valence-electron chi connectivity index (χ1n) is 6.21. The average Bonchev–Trinajstić information content (AvgIpc) is 2.44. The third-order valence-electron chi connectivity index (χ3n) is 2.84. The monoisotopic (exact) mass is 258 g/mol. The molecule has 0 aliphatic carbocycles. The summed E-state index contributed by atoms with van der Waals surface area (Å²) in [5, 5.41) is 5.35. The highest BCUT2D eigenvalue weighted by Gasteiger charge is 2.15. The SMILES string of the molecule is C#CCNC(=O)c1ccccc1NC(=O)C(C)CC. The van der Waals surface area contributed by atoms with Crippen molar-refractivity contribution in [3.63, 3.8) is 0 Å². The Kier molecular flexibility index (Phi) is 5.62. The minimum atomic E-state index is -0.294. The van der Waals surface area contributed by atoms with Crippen molar-refractivity contribution in [1.82, 2.24) is 5.32 Å². The first-order chi connectivity index (χ1) is 9.10. The Labute approximate surface area is 113 Å². The number of amides is 2. The first-order valence-corrected chi connectivity index (χ1v) is 6.21. The molecule has 4 heteroatoms. The van der Waals surface area contributed by atoms with Gasteiger partial charge in [0.05, 0.1) is 17.8 Å². The highest BCUT2D eigenvalue weighted by Crippen LogP contribution is 2.16. The number of rotatable bonds is 5. The van der Waals surface area contributed by atoms with Gasteiger partial charge in [-0.05, 0) is 18.6 Å². The molecule has 19 heavy (non-hydrogen) atoms. The number of hydrogen-bond acceptors (Lipinski definition) is 2. The number of carbonyl (C=O) groups is 2. The van der Waals surface area contributed by atoms with Gasteiger partial charge in [0.15, 0.2) is 0 Å². The lowest BCUT2D eigenvalue weighted by atomic mass is 10.1. The summed E-state index contributed by atoms with van der Waals surface area (Å²) in [5.41, 5.74) is 0.914. The van der Waals surface area contributed by atoms with E-state index in [9.17, 15) is 9.59 Å². The van der Waals surface area contributed by atoms with Crippen LogP contribution >= 0.6 is 0 Å². The Morgan fingerprint density at radius 1 is 1.37 bits per heavy atom. The van der Waals surface area contributed by atoms with Crippen LogP contribution in [0.15, 0.2) is 24.3 Å². The van der Waals surface area contributed by atoms with Crippen LogP contribution in [0.1, 0.15) is 30.6 Å². The van der Waals surface area contributed by atoms with Crippen molar-refractivity contribution >= 4 is 17.5 Å². The zero-order chi connectivity index (χ0) is 14.3. The van der Waals surface area contributed by atoms with E-state index in [1.165, 1.54) is 0 Å². The van der Waals surface area contributed by atoms with Gasteiger partial charge in [0.25, 0.3) is 5.91 Å². The molecular formula is C15H18N2O2. The topological polar surface area (TPSA) is 58.2 Å². The maximum absolute atomic E-state index is 11.9. The summed E-state index contributed by atoms with van der Waals surface area (Å²) in [4.78, 5) is 23.7. The van der Waals surface area contributed by atoms with Gasteiger partial charge in [0.2, 0.25) is 5.91 Å². The molecule has 0 bridgehead atoms. The first kappa shape index (κ1) is 14.8. The van der Waals surface area contributed by atoms with Crippen molar-refractivity contribution in [3.05, 3.63) is 29.8 Å². The van der Waals surface area contributed by atoms with Crippen LogP contribution in [-0.2, 0) is 4.79 Å². The molecule has 1 aromatic carbocycles. The van der Waals surface area contributed by atoms with E-state index in [0.717, 1.165) is 6.42 Å². The summed E-state index contributed by atoms with van der Waals surface area (Å²) in [6.45, 7) is 3.94. The van der Waals surface area contributed by atoms with E-state index >= 15 is 0 Å². The molecule has 0 radical (unpaired) electrons. The largest absolute Gasteiger partial charge is 0.341 e. The van der Waals surface area contributed by atoms with Gasteiger partial charge in [0.1, 0.15) is 0 Å². The number of hydrogen-bond donors (Lipinski definition) is 2. The highest BCUT2D eigenvalue weighted by atomic mass is 16.2. The lowest BCUT2D eigenvalue weighted by Gasteiger charge is -2.13. The Balaban J connectivity index is 2.87. The number of anilines is 1. The molecule has 0 saturated carbocycles. The zero-order valence-electron chi connectivity index (χ0n) is 11.2. The fourth-order valence-corrected chi connectivity index (χ4v) is 1.46. The fraction of sp³-hybridized carbons (Fsp3) is 0.333. The molecule has 1 aromatic rings. The van der Waals surface area contributed by atoms with Gasteiger partial charge < -0.3 is 10.6 Å². The Bertz CT molecular complexity index is 503. The third-order valence-corrected chi connectivity index (χ3v) is 2.84. The molecule has 100 valence electrons. The number of terminal acetylenes is 1. The maximum atomic E-state index is 11.9. The van der Waals surface area contributed by atoms with E-state index in [1.807, 2.05) is 13.8 Å².